The lowest BCUT2D eigenvalue weighted by atomic mass is 10.1. The zero-order valence-electron chi connectivity index (χ0n) is 8.75. The maximum atomic E-state index is 11.5. The molecule has 2 N–H and O–H groups in total. The van der Waals surface area contributed by atoms with Crippen molar-refractivity contribution in [3.05, 3.63) is 23.2 Å². The van der Waals surface area contributed by atoms with E-state index in [0.717, 1.165) is 6.42 Å². The number of carbonyl (C=O) groups is 1. The van der Waals surface area contributed by atoms with E-state index in [-0.39, 0.29) is 22.6 Å². The van der Waals surface area contributed by atoms with Crippen LogP contribution in [-0.4, -0.2) is 11.0 Å². The molecule has 1 unspecified atom stereocenters. The summed E-state index contributed by atoms with van der Waals surface area (Å²) in [5.74, 6) is -0.283. The molecule has 1 rings (SSSR count). The number of phenolic OH excluding ortho intramolecular Hbond substituents is 1. The van der Waals surface area contributed by atoms with Gasteiger partial charge in [0.05, 0.1) is 10.7 Å². The Morgan fingerprint density at radius 3 is 2.87 bits per heavy atom. The van der Waals surface area contributed by atoms with E-state index >= 15 is 0 Å². The summed E-state index contributed by atoms with van der Waals surface area (Å²) in [4.78, 5) is 11.5. The van der Waals surface area contributed by atoms with Crippen molar-refractivity contribution in [3.8, 4) is 5.75 Å². The summed E-state index contributed by atoms with van der Waals surface area (Å²) >= 11 is 5.71. The SMILES string of the molecule is CCC(C)C(=O)Nc1cccc(Cl)c1O. The van der Waals surface area contributed by atoms with Crippen LogP contribution in [0, 0.1) is 5.92 Å². The number of carbonyl (C=O) groups excluding carboxylic acids is 1. The van der Waals surface area contributed by atoms with Gasteiger partial charge in [0.25, 0.3) is 0 Å². The molecule has 0 aromatic heterocycles. The minimum absolute atomic E-state index is 0.0802. The maximum Gasteiger partial charge on any atom is 0.227 e. The molecular weight excluding hydrogens is 214 g/mol. The number of benzene rings is 1. The quantitative estimate of drug-likeness (QED) is 0.780. The zero-order chi connectivity index (χ0) is 11.4. The first kappa shape index (κ1) is 11.9. The molecule has 0 aliphatic carbocycles. The lowest BCUT2D eigenvalue weighted by Gasteiger charge is -2.11. The molecule has 0 bridgehead atoms. The summed E-state index contributed by atoms with van der Waals surface area (Å²) in [5.41, 5.74) is 0.354. The average Bonchev–Trinajstić information content (AvgIpc) is 2.23. The number of nitrogens with one attached hydrogen (secondary N) is 1. The first-order valence-electron chi connectivity index (χ1n) is 4.84. The van der Waals surface area contributed by atoms with Gasteiger partial charge >= 0.3 is 0 Å². The van der Waals surface area contributed by atoms with Gasteiger partial charge in [0.15, 0.2) is 5.75 Å². The van der Waals surface area contributed by atoms with E-state index in [1.807, 2.05) is 13.8 Å². The third-order valence-electron chi connectivity index (χ3n) is 2.30. The van der Waals surface area contributed by atoms with Gasteiger partial charge in [-0.2, -0.15) is 0 Å². The fourth-order valence-electron chi connectivity index (χ4n) is 1.06. The highest BCUT2D eigenvalue weighted by Crippen LogP contribution is 2.31. The number of para-hydroxylation sites is 1. The van der Waals surface area contributed by atoms with Crippen molar-refractivity contribution < 1.29 is 9.90 Å². The molecular formula is C11H14ClNO2. The predicted molar refractivity (Wildman–Crippen MR) is 61.2 cm³/mol. The van der Waals surface area contributed by atoms with E-state index in [9.17, 15) is 9.90 Å². The van der Waals surface area contributed by atoms with Crippen LogP contribution >= 0.6 is 11.6 Å². The van der Waals surface area contributed by atoms with Gasteiger partial charge < -0.3 is 10.4 Å². The zero-order valence-corrected chi connectivity index (χ0v) is 9.51. The molecule has 4 heteroatoms. The van der Waals surface area contributed by atoms with Crippen LogP contribution in [0.4, 0.5) is 5.69 Å². The second-order valence-corrected chi connectivity index (χ2v) is 3.84. The van der Waals surface area contributed by atoms with Crippen molar-refractivity contribution in [1.82, 2.24) is 0 Å². The minimum atomic E-state index is -0.116. The topological polar surface area (TPSA) is 49.3 Å². The van der Waals surface area contributed by atoms with Crippen molar-refractivity contribution in [2.24, 2.45) is 5.92 Å². The summed E-state index contributed by atoms with van der Waals surface area (Å²) in [6.45, 7) is 3.76. The van der Waals surface area contributed by atoms with Crippen LogP contribution in [0.3, 0.4) is 0 Å². The van der Waals surface area contributed by atoms with E-state index in [4.69, 9.17) is 11.6 Å². The minimum Gasteiger partial charge on any atom is -0.504 e. The largest absolute Gasteiger partial charge is 0.504 e. The monoisotopic (exact) mass is 227 g/mol. The van der Waals surface area contributed by atoms with Gasteiger partial charge in [-0.15, -0.1) is 0 Å². The summed E-state index contributed by atoms with van der Waals surface area (Å²) in [5, 5.41) is 12.4. The number of halogens is 1. The number of anilines is 1. The fourth-order valence-corrected chi connectivity index (χ4v) is 1.23. The molecule has 0 spiro atoms. The molecule has 1 atom stereocenters. The molecule has 0 aliphatic heterocycles. The van der Waals surface area contributed by atoms with Crippen LogP contribution in [0.25, 0.3) is 0 Å². The summed E-state index contributed by atoms with van der Waals surface area (Å²) in [7, 11) is 0. The number of hydrogen-bond acceptors (Lipinski definition) is 2. The van der Waals surface area contributed by atoms with Crippen LogP contribution in [-0.2, 0) is 4.79 Å². The van der Waals surface area contributed by atoms with Gasteiger partial charge in [0.1, 0.15) is 0 Å². The van der Waals surface area contributed by atoms with Crippen LogP contribution in [0.5, 0.6) is 5.75 Å². The second kappa shape index (κ2) is 5.03. The Balaban J connectivity index is 2.81. The van der Waals surface area contributed by atoms with Crippen LogP contribution in [0.15, 0.2) is 18.2 Å². The lowest BCUT2D eigenvalue weighted by Crippen LogP contribution is -2.19. The van der Waals surface area contributed by atoms with Crippen molar-refractivity contribution in [3.63, 3.8) is 0 Å². The summed E-state index contributed by atoms with van der Waals surface area (Å²) in [6, 6.07) is 4.85. The van der Waals surface area contributed by atoms with Gasteiger partial charge in [-0.1, -0.05) is 31.5 Å². The lowest BCUT2D eigenvalue weighted by molar-refractivity contribution is -0.119. The van der Waals surface area contributed by atoms with Gasteiger partial charge in [-0.25, -0.2) is 0 Å². The molecule has 0 aliphatic rings. The van der Waals surface area contributed by atoms with Crippen LogP contribution in [0.2, 0.25) is 5.02 Å². The second-order valence-electron chi connectivity index (χ2n) is 3.43. The van der Waals surface area contributed by atoms with Gasteiger partial charge in [0, 0.05) is 5.92 Å². The highest BCUT2D eigenvalue weighted by molar-refractivity contribution is 6.32. The molecule has 15 heavy (non-hydrogen) atoms. The first-order valence-corrected chi connectivity index (χ1v) is 5.22. The molecule has 0 saturated heterocycles. The van der Waals surface area contributed by atoms with E-state index in [1.165, 1.54) is 0 Å². The number of aromatic hydroxyl groups is 1. The fraction of sp³-hybridized carbons (Fsp3) is 0.364. The van der Waals surface area contributed by atoms with Gasteiger partial charge in [0.2, 0.25) is 5.91 Å². The van der Waals surface area contributed by atoms with Gasteiger partial charge in [-0.3, -0.25) is 4.79 Å². The van der Waals surface area contributed by atoms with E-state index < -0.39 is 0 Å². The Bertz CT molecular complexity index is 366. The Kier molecular flexibility index (Phi) is 3.97. The van der Waals surface area contributed by atoms with Crippen molar-refractivity contribution >= 4 is 23.2 Å². The predicted octanol–water partition coefficient (Wildman–Crippen LogP) is 3.03. The van der Waals surface area contributed by atoms with Crippen LogP contribution in [0.1, 0.15) is 20.3 Å². The maximum absolute atomic E-state index is 11.5. The number of rotatable bonds is 3. The average molecular weight is 228 g/mol. The van der Waals surface area contributed by atoms with Crippen LogP contribution < -0.4 is 5.32 Å². The molecule has 1 amide bonds. The molecule has 0 fully saturated rings. The highest BCUT2D eigenvalue weighted by atomic mass is 35.5. The third kappa shape index (κ3) is 2.86. The first-order chi connectivity index (χ1) is 7.06. The molecule has 1 aromatic carbocycles. The Morgan fingerprint density at radius 1 is 1.60 bits per heavy atom. The molecule has 3 nitrogen and oxygen atoms in total. The number of phenols is 1. The standard InChI is InChI=1S/C11H14ClNO2/c1-3-7(2)11(15)13-9-6-4-5-8(12)10(9)14/h4-7,14H,3H2,1-2H3,(H,13,15). The molecule has 0 radical (unpaired) electrons. The van der Waals surface area contributed by atoms with Crippen molar-refractivity contribution in [1.29, 1.82) is 0 Å². The Morgan fingerprint density at radius 2 is 2.27 bits per heavy atom. The Hall–Kier alpha value is -1.22. The van der Waals surface area contributed by atoms with Crippen molar-refractivity contribution in [2.45, 2.75) is 20.3 Å². The van der Waals surface area contributed by atoms with E-state index in [0.29, 0.717) is 5.69 Å². The molecule has 82 valence electrons. The number of hydrogen-bond donors (Lipinski definition) is 2. The molecule has 0 heterocycles. The summed E-state index contributed by atoms with van der Waals surface area (Å²) < 4.78 is 0. The molecule has 1 aromatic rings. The highest BCUT2D eigenvalue weighted by Gasteiger charge is 2.13. The Labute approximate surface area is 94.1 Å². The summed E-state index contributed by atoms with van der Waals surface area (Å²) in [6.07, 6.45) is 0.757. The van der Waals surface area contributed by atoms with Gasteiger partial charge in [-0.05, 0) is 18.6 Å². The smallest absolute Gasteiger partial charge is 0.227 e. The third-order valence-corrected chi connectivity index (χ3v) is 2.61. The normalized spacial score (nSPS) is 12.2. The van der Waals surface area contributed by atoms with Crippen molar-refractivity contribution in [2.75, 3.05) is 5.32 Å². The number of amides is 1. The molecule has 0 saturated carbocycles. The van der Waals surface area contributed by atoms with E-state index in [2.05, 4.69) is 5.32 Å². The van der Waals surface area contributed by atoms with E-state index in [1.54, 1.807) is 18.2 Å².